The minimum atomic E-state index is -0.492. The number of hydrogen-bond donors (Lipinski definition) is 1. The Kier molecular flexibility index (Phi) is 5.36. The molecule has 0 radical (unpaired) electrons. The lowest BCUT2D eigenvalue weighted by molar-refractivity contribution is 0.0952. The number of halogens is 1. The standard InChI is InChI=1S/C19H20FN5O/c1-13-8-14(2)24-18(23-13)15-9-16(11-17(20)10-15)19(26)22-4-3-6-25-7-5-21-12-25/h5,7-12H,3-4,6H2,1-2H3,(H,22,26). The number of aryl methyl sites for hydroxylation is 3. The number of imidazole rings is 1. The smallest absolute Gasteiger partial charge is 0.251 e. The van der Waals surface area contributed by atoms with Gasteiger partial charge in [0.2, 0.25) is 0 Å². The molecule has 0 aliphatic carbocycles. The first kappa shape index (κ1) is 17.7. The number of benzene rings is 1. The first-order chi connectivity index (χ1) is 12.5. The molecule has 1 amide bonds. The molecule has 7 heteroatoms. The van der Waals surface area contributed by atoms with Crippen molar-refractivity contribution in [2.45, 2.75) is 26.8 Å². The van der Waals surface area contributed by atoms with Crippen LogP contribution in [0.5, 0.6) is 0 Å². The van der Waals surface area contributed by atoms with Gasteiger partial charge in [-0.2, -0.15) is 0 Å². The van der Waals surface area contributed by atoms with Crippen LogP contribution in [0.1, 0.15) is 28.2 Å². The molecule has 2 aromatic heterocycles. The summed E-state index contributed by atoms with van der Waals surface area (Å²) in [6, 6.07) is 6.01. The van der Waals surface area contributed by atoms with E-state index in [0.29, 0.717) is 17.9 Å². The fourth-order valence-corrected chi connectivity index (χ4v) is 2.69. The van der Waals surface area contributed by atoms with Gasteiger partial charge in [-0.1, -0.05) is 0 Å². The second kappa shape index (κ2) is 7.86. The first-order valence-electron chi connectivity index (χ1n) is 8.38. The van der Waals surface area contributed by atoms with Gasteiger partial charge >= 0.3 is 0 Å². The number of aromatic nitrogens is 4. The highest BCUT2D eigenvalue weighted by Gasteiger charge is 2.12. The number of carbonyl (C=O) groups excluding carboxylic acids is 1. The van der Waals surface area contributed by atoms with Crippen molar-refractivity contribution in [2.75, 3.05) is 6.54 Å². The molecule has 3 rings (SSSR count). The van der Waals surface area contributed by atoms with E-state index in [0.717, 1.165) is 24.4 Å². The van der Waals surface area contributed by atoms with E-state index in [9.17, 15) is 9.18 Å². The fraction of sp³-hybridized carbons (Fsp3) is 0.263. The van der Waals surface area contributed by atoms with Crippen molar-refractivity contribution < 1.29 is 9.18 Å². The Bertz CT molecular complexity index is 888. The van der Waals surface area contributed by atoms with Crippen molar-refractivity contribution >= 4 is 5.91 Å². The Hall–Kier alpha value is -3.09. The van der Waals surface area contributed by atoms with Gasteiger partial charge in [0.1, 0.15) is 5.82 Å². The van der Waals surface area contributed by atoms with Crippen molar-refractivity contribution in [3.05, 3.63) is 65.8 Å². The quantitative estimate of drug-likeness (QED) is 0.692. The second-order valence-corrected chi connectivity index (χ2v) is 6.11. The number of carbonyl (C=O) groups is 1. The Labute approximate surface area is 151 Å². The predicted octanol–water partition coefficient (Wildman–Crippen LogP) is 2.92. The summed E-state index contributed by atoms with van der Waals surface area (Å²) in [4.78, 5) is 25.0. The average Bonchev–Trinajstić information content (AvgIpc) is 3.10. The highest BCUT2D eigenvalue weighted by Crippen LogP contribution is 2.19. The Morgan fingerprint density at radius 2 is 1.92 bits per heavy atom. The molecule has 26 heavy (non-hydrogen) atoms. The van der Waals surface area contributed by atoms with Gasteiger partial charge < -0.3 is 9.88 Å². The molecule has 1 N–H and O–H groups in total. The maximum atomic E-state index is 14.0. The number of amides is 1. The molecule has 0 unspecified atom stereocenters. The van der Waals surface area contributed by atoms with Crippen LogP contribution in [0.2, 0.25) is 0 Å². The zero-order chi connectivity index (χ0) is 18.5. The van der Waals surface area contributed by atoms with Gasteiger partial charge in [0.25, 0.3) is 5.91 Å². The van der Waals surface area contributed by atoms with Gasteiger partial charge in [-0.3, -0.25) is 4.79 Å². The van der Waals surface area contributed by atoms with Crippen LogP contribution in [0.25, 0.3) is 11.4 Å². The molecule has 0 fully saturated rings. The Morgan fingerprint density at radius 1 is 1.15 bits per heavy atom. The summed E-state index contributed by atoms with van der Waals surface area (Å²) in [6.45, 7) is 4.95. The van der Waals surface area contributed by atoms with Crippen molar-refractivity contribution in [1.82, 2.24) is 24.8 Å². The SMILES string of the molecule is Cc1cc(C)nc(-c2cc(F)cc(C(=O)NCCCn3ccnc3)c2)n1. The van der Waals surface area contributed by atoms with Gasteiger partial charge in [0, 0.05) is 48.0 Å². The molecular formula is C19H20FN5O. The Balaban J connectivity index is 1.69. The topological polar surface area (TPSA) is 72.7 Å². The van der Waals surface area contributed by atoms with Crippen molar-refractivity contribution in [2.24, 2.45) is 0 Å². The number of rotatable bonds is 6. The summed E-state index contributed by atoms with van der Waals surface area (Å²) in [5.74, 6) is -0.397. The van der Waals surface area contributed by atoms with E-state index >= 15 is 0 Å². The predicted molar refractivity (Wildman–Crippen MR) is 96.1 cm³/mol. The minimum Gasteiger partial charge on any atom is -0.352 e. The van der Waals surface area contributed by atoms with Gasteiger partial charge in [-0.25, -0.2) is 19.3 Å². The van der Waals surface area contributed by atoms with Crippen LogP contribution in [0, 0.1) is 19.7 Å². The van der Waals surface area contributed by atoms with Gasteiger partial charge in [-0.15, -0.1) is 0 Å². The summed E-state index contributed by atoms with van der Waals surface area (Å²) in [5, 5.41) is 2.81. The number of nitrogens with one attached hydrogen (secondary N) is 1. The molecule has 3 aromatic rings. The zero-order valence-electron chi connectivity index (χ0n) is 14.7. The monoisotopic (exact) mass is 353 g/mol. The molecule has 0 spiro atoms. The maximum absolute atomic E-state index is 14.0. The van der Waals surface area contributed by atoms with Crippen LogP contribution < -0.4 is 5.32 Å². The summed E-state index contributed by atoms with van der Waals surface area (Å²) >= 11 is 0. The van der Waals surface area contributed by atoms with Gasteiger partial charge in [0.05, 0.1) is 6.33 Å². The van der Waals surface area contributed by atoms with Crippen LogP contribution in [-0.4, -0.2) is 32.0 Å². The van der Waals surface area contributed by atoms with Crippen LogP contribution in [-0.2, 0) is 6.54 Å². The molecule has 6 nitrogen and oxygen atoms in total. The van der Waals surface area contributed by atoms with E-state index < -0.39 is 5.82 Å². The maximum Gasteiger partial charge on any atom is 0.251 e. The van der Waals surface area contributed by atoms with Crippen molar-refractivity contribution in [3.8, 4) is 11.4 Å². The first-order valence-corrected chi connectivity index (χ1v) is 8.38. The summed E-state index contributed by atoms with van der Waals surface area (Å²) in [6.07, 6.45) is 6.06. The molecule has 0 atom stereocenters. The third-order valence-electron chi connectivity index (χ3n) is 3.84. The third kappa shape index (κ3) is 4.50. The van der Waals surface area contributed by atoms with Crippen LogP contribution in [0.4, 0.5) is 4.39 Å². The van der Waals surface area contributed by atoms with E-state index in [1.807, 2.05) is 30.7 Å². The zero-order valence-corrected chi connectivity index (χ0v) is 14.7. The van der Waals surface area contributed by atoms with Crippen LogP contribution in [0.3, 0.4) is 0 Å². The average molecular weight is 353 g/mol. The fourth-order valence-electron chi connectivity index (χ4n) is 2.69. The molecule has 0 saturated heterocycles. The molecular weight excluding hydrogens is 333 g/mol. The normalized spacial score (nSPS) is 10.7. The molecule has 1 aromatic carbocycles. The lowest BCUT2D eigenvalue weighted by Crippen LogP contribution is -2.25. The number of nitrogens with zero attached hydrogens (tertiary/aromatic N) is 4. The number of hydrogen-bond acceptors (Lipinski definition) is 4. The summed E-state index contributed by atoms with van der Waals surface area (Å²) < 4.78 is 15.9. The van der Waals surface area contributed by atoms with Crippen molar-refractivity contribution in [1.29, 1.82) is 0 Å². The Morgan fingerprint density at radius 3 is 2.62 bits per heavy atom. The molecule has 0 aliphatic rings. The van der Waals surface area contributed by atoms with Crippen molar-refractivity contribution in [3.63, 3.8) is 0 Å². The van der Waals surface area contributed by atoms with Crippen LogP contribution in [0.15, 0.2) is 43.0 Å². The van der Waals surface area contributed by atoms with Gasteiger partial charge in [0.15, 0.2) is 5.82 Å². The lowest BCUT2D eigenvalue weighted by Gasteiger charge is -2.08. The highest BCUT2D eigenvalue weighted by molar-refractivity contribution is 5.95. The second-order valence-electron chi connectivity index (χ2n) is 6.11. The van der Waals surface area contributed by atoms with E-state index in [4.69, 9.17) is 0 Å². The van der Waals surface area contributed by atoms with E-state index in [1.165, 1.54) is 12.1 Å². The van der Waals surface area contributed by atoms with Crippen LogP contribution >= 0.6 is 0 Å². The minimum absolute atomic E-state index is 0.255. The molecule has 0 bridgehead atoms. The molecule has 0 saturated carbocycles. The third-order valence-corrected chi connectivity index (χ3v) is 3.84. The van der Waals surface area contributed by atoms with E-state index in [-0.39, 0.29) is 11.5 Å². The highest BCUT2D eigenvalue weighted by atomic mass is 19.1. The van der Waals surface area contributed by atoms with E-state index in [2.05, 4.69) is 20.3 Å². The molecule has 134 valence electrons. The largest absolute Gasteiger partial charge is 0.352 e. The summed E-state index contributed by atoms with van der Waals surface area (Å²) in [7, 11) is 0. The lowest BCUT2D eigenvalue weighted by atomic mass is 10.1. The summed E-state index contributed by atoms with van der Waals surface area (Å²) in [5.41, 5.74) is 2.33. The molecule has 2 heterocycles. The van der Waals surface area contributed by atoms with Gasteiger partial charge in [-0.05, 0) is 44.5 Å². The molecule has 0 aliphatic heterocycles. The van der Waals surface area contributed by atoms with E-state index in [1.54, 1.807) is 18.6 Å².